The Bertz CT molecular complexity index is 527. The van der Waals surface area contributed by atoms with E-state index >= 15 is 0 Å². The standard InChI is InChI=1S/C16H23FN2O2/c1-15(2,3)21-14(20)19-8-7-16(17,11-19)10-12-5-4-6-13(18)9-12/h4-6,9H,7-8,10-11,18H2,1-3H3. The molecule has 1 atom stereocenters. The zero-order chi connectivity index (χ0) is 15.7. The maximum Gasteiger partial charge on any atom is 0.410 e. The van der Waals surface area contributed by atoms with Crippen LogP contribution in [-0.4, -0.2) is 35.4 Å². The summed E-state index contributed by atoms with van der Waals surface area (Å²) in [4.78, 5) is 13.4. The van der Waals surface area contributed by atoms with Crippen molar-refractivity contribution in [3.05, 3.63) is 29.8 Å². The summed E-state index contributed by atoms with van der Waals surface area (Å²) in [5.41, 5.74) is 5.21. The molecule has 21 heavy (non-hydrogen) atoms. The smallest absolute Gasteiger partial charge is 0.410 e. The number of rotatable bonds is 2. The lowest BCUT2D eigenvalue weighted by atomic mass is 9.95. The van der Waals surface area contributed by atoms with Crippen LogP contribution in [-0.2, 0) is 11.2 Å². The van der Waals surface area contributed by atoms with Crippen molar-refractivity contribution in [2.45, 2.75) is 44.9 Å². The summed E-state index contributed by atoms with van der Waals surface area (Å²) < 4.78 is 20.2. The molecule has 5 heteroatoms. The third-order valence-corrected chi connectivity index (χ3v) is 3.43. The lowest BCUT2D eigenvalue weighted by Crippen LogP contribution is -2.38. The van der Waals surface area contributed by atoms with Crippen LogP contribution in [0.15, 0.2) is 24.3 Å². The van der Waals surface area contributed by atoms with Gasteiger partial charge in [-0.2, -0.15) is 0 Å². The van der Waals surface area contributed by atoms with E-state index in [4.69, 9.17) is 10.5 Å². The van der Waals surface area contributed by atoms with Gasteiger partial charge in [-0.3, -0.25) is 0 Å². The molecule has 1 aromatic rings. The highest BCUT2D eigenvalue weighted by Crippen LogP contribution is 2.31. The number of hydrogen-bond acceptors (Lipinski definition) is 3. The molecule has 116 valence electrons. The number of amides is 1. The lowest BCUT2D eigenvalue weighted by molar-refractivity contribution is 0.0258. The van der Waals surface area contributed by atoms with Crippen molar-refractivity contribution in [1.29, 1.82) is 0 Å². The second-order valence-corrected chi connectivity index (χ2v) is 6.72. The summed E-state index contributed by atoms with van der Waals surface area (Å²) in [5, 5.41) is 0. The van der Waals surface area contributed by atoms with Crippen LogP contribution in [0.3, 0.4) is 0 Å². The number of alkyl halides is 1. The summed E-state index contributed by atoms with van der Waals surface area (Å²) in [6, 6.07) is 7.22. The van der Waals surface area contributed by atoms with Gasteiger partial charge in [0.05, 0.1) is 6.54 Å². The van der Waals surface area contributed by atoms with Crippen molar-refractivity contribution in [3.63, 3.8) is 0 Å². The van der Waals surface area contributed by atoms with Gasteiger partial charge in [-0.1, -0.05) is 12.1 Å². The zero-order valence-electron chi connectivity index (χ0n) is 12.9. The Morgan fingerprint density at radius 1 is 1.48 bits per heavy atom. The number of ether oxygens (including phenoxy) is 1. The Balaban J connectivity index is 1.98. The average molecular weight is 294 g/mol. The molecule has 1 amide bonds. The number of nitrogen functional groups attached to an aromatic ring is 1. The third kappa shape index (κ3) is 4.34. The van der Waals surface area contributed by atoms with E-state index < -0.39 is 17.4 Å². The fourth-order valence-electron chi connectivity index (χ4n) is 2.53. The van der Waals surface area contributed by atoms with Gasteiger partial charge < -0.3 is 15.4 Å². The largest absolute Gasteiger partial charge is 0.444 e. The minimum Gasteiger partial charge on any atom is -0.444 e. The molecule has 1 unspecified atom stereocenters. The SMILES string of the molecule is CC(C)(C)OC(=O)N1CCC(F)(Cc2cccc(N)c2)C1. The molecule has 1 aliphatic heterocycles. The Labute approximate surface area is 125 Å². The lowest BCUT2D eigenvalue weighted by Gasteiger charge is -2.25. The number of likely N-dealkylation sites (tertiary alicyclic amines) is 1. The van der Waals surface area contributed by atoms with Crippen LogP contribution in [0.2, 0.25) is 0 Å². The van der Waals surface area contributed by atoms with E-state index in [9.17, 15) is 9.18 Å². The molecule has 0 spiro atoms. The molecule has 4 nitrogen and oxygen atoms in total. The van der Waals surface area contributed by atoms with Crippen molar-refractivity contribution in [3.8, 4) is 0 Å². The second-order valence-electron chi connectivity index (χ2n) is 6.72. The first-order valence-corrected chi connectivity index (χ1v) is 7.18. The van der Waals surface area contributed by atoms with E-state index in [0.29, 0.717) is 18.7 Å². The molecule has 0 bridgehead atoms. The van der Waals surface area contributed by atoms with Crippen LogP contribution in [0, 0.1) is 0 Å². The third-order valence-electron chi connectivity index (χ3n) is 3.43. The van der Waals surface area contributed by atoms with Crippen molar-refractivity contribution in [1.82, 2.24) is 4.90 Å². The van der Waals surface area contributed by atoms with Crippen molar-refractivity contribution in [2.24, 2.45) is 0 Å². The molecular formula is C16H23FN2O2. The number of benzene rings is 1. The molecule has 1 fully saturated rings. The molecule has 0 aromatic heterocycles. The van der Waals surface area contributed by atoms with Crippen molar-refractivity contribution < 1.29 is 13.9 Å². The first kappa shape index (κ1) is 15.6. The Morgan fingerprint density at radius 3 is 2.81 bits per heavy atom. The summed E-state index contributed by atoms with van der Waals surface area (Å²) in [7, 11) is 0. The maximum absolute atomic E-state index is 14.9. The molecule has 1 heterocycles. The molecular weight excluding hydrogens is 271 g/mol. The minimum atomic E-state index is -1.41. The molecule has 1 aliphatic rings. The van der Waals surface area contributed by atoms with Gasteiger partial charge in [0.2, 0.25) is 0 Å². The van der Waals surface area contributed by atoms with Gasteiger partial charge in [0, 0.05) is 25.1 Å². The van der Waals surface area contributed by atoms with E-state index in [0.717, 1.165) is 5.56 Å². The van der Waals surface area contributed by atoms with Crippen LogP contribution >= 0.6 is 0 Å². The summed E-state index contributed by atoms with van der Waals surface area (Å²) in [6.07, 6.45) is 0.132. The molecule has 0 aliphatic carbocycles. The van der Waals surface area contributed by atoms with Gasteiger partial charge >= 0.3 is 6.09 Å². The van der Waals surface area contributed by atoms with Crippen LogP contribution in [0.5, 0.6) is 0 Å². The monoisotopic (exact) mass is 294 g/mol. The van der Waals surface area contributed by atoms with Gasteiger partial charge in [-0.25, -0.2) is 9.18 Å². The number of hydrogen-bond donors (Lipinski definition) is 1. The first-order valence-electron chi connectivity index (χ1n) is 7.18. The van der Waals surface area contributed by atoms with Crippen LogP contribution in [0.4, 0.5) is 14.9 Å². The second kappa shape index (κ2) is 5.54. The number of nitrogens with zero attached hydrogens (tertiary/aromatic N) is 1. The molecule has 1 aromatic carbocycles. The fourth-order valence-corrected chi connectivity index (χ4v) is 2.53. The minimum absolute atomic E-state index is 0.0662. The number of anilines is 1. The highest BCUT2D eigenvalue weighted by molar-refractivity contribution is 5.68. The van der Waals surface area contributed by atoms with Crippen molar-refractivity contribution >= 4 is 11.8 Å². The normalized spacial score (nSPS) is 22.4. The van der Waals surface area contributed by atoms with Gasteiger partial charge in [0.25, 0.3) is 0 Å². The number of halogens is 1. The topological polar surface area (TPSA) is 55.6 Å². The van der Waals surface area contributed by atoms with Gasteiger partial charge in [-0.15, -0.1) is 0 Å². The van der Waals surface area contributed by atoms with Crippen LogP contribution < -0.4 is 5.73 Å². The highest BCUT2D eigenvalue weighted by Gasteiger charge is 2.41. The highest BCUT2D eigenvalue weighted by atomic mass is 19.1. The number of carbonyl (C=O) groups is 1. The Hall–Kier alpha value is -1.78. The van der Waals surface area contributed by atoms with E-state index in [1.807, 2.05) is 12.1 Å². The number of carbonyl (C=O) groups excluding carboxylic acids is 1. The van der Waals surface area contributed by atoms with Gasteiger partial charge in [0.1, 0.15) is 11.3 Å². The Morgan fingerprint density at radius 2 is 2.19 bits per heavy atom. The summed E-state index contributed by atoms with van der Waals surface area (Å²) in [5.74, 6) is 0. The van der Waals surface area contributed by atoms with E-state index in [1.165, 1.54) is 4.90 Å². The average Bonchev–Trinajstić information content (AvgIpc) is 2.69. The molecule has 0 saturated carbocycles. The van der Waals surface area contributed by atoms with E-state index in [-0.39, 0.29) is 13.0 Å². The van der Waals surface area contributed by atoms with Crippen molar-refractivity contribution in [2.75, 3.05) is 18.8 Å². The fraction of sp³-hybridized carbons (Fsp3) is 0.562. The zero-order valence-corrected chi connectivity index (χ0v) is 12.9. The molecule has 2 N–H and O–H groups in total. The van der Waals surface area contributed by atoms with Crippen LogP contribution in [0.25, 0.3) is 0 Å². The quantitative estimate of drug-likeness (QED) is 0.852. The van der Waals surface area contributed by atoms with Gasteiger partial charge in [0.15, 0.2) is 0 Å². The van der Waals surface area contributed by atoms with E-state index in [1.54, 1.807) is 32.9 Å². The molecule has 0 radical (unpaired) electrons. The van der Waals surface area contributed by atoms with E-state index in [2.05, 4.69) is 0 Å². The summed E-state index contributed by atoms with van der Waals surface area (Å²) in [6.45, 7) is 5.85. The predicted octanol–water partition coefficient (Wildman–Crippen LogP) is 3.16. The predicted molar refractivity (Wildman–Crippen MR) is 80.8 cm³/mol. The maximum atomic E-state index is 14.9. The van der Waals surface area contributed by atoms with Gasteiger partial charge in [-0.05, 0) is 38.5 Å². The first-order chi connectivity index (χ1) is 9.67. The number of nitrogens with two attached hydrogens (primary N) is 1. The molecule has 1 saturated heterocycles. The molecule has 2 rings (SSSR count). The van der Waals surface area contributed by atoms with Crippen LogP contribution in [0.1, 0.15) is 32.8 Å². The summed E-state index contributed by atoms with van der Waals surface area (Å²) >= 11 is 0. The Kier molecular flexibility index (Phi) is 4.12.